The maximum absolute atomic E-state index is 14.1. The summed E-state index contributed by atoms with van der Waals surface area (Å²) in [6.07, 6.45) is 1.56. The van der Waals surface area contributed by atoms with Crippen LogP contribution < -0.4 is 5.46 Å². The molecule has 2 aromatic rings. The quantitative estimate of drug-likeness (QED) is 0.787. The van der Waals surface area contributed by atoms with E-state index in [-0.39, 0.29) is 11.2 Å². The van der Waals surface area contributed by atoms with Gasteiger partial charge in [-0.05, 0) is 24.5 Å². The summed E-state index contributed by atoms with van der Waals surface area (Å²) in [6.45, 7) is 8.05. The van der Waals surface area contributed by atoms with Crippen molar-refractivity contribution in [1.29, 1.82) is 0 Å². The lowest BCUT2D eigenvalue weighted by molar-refractivity contribution is 0.0343. The van der Waals surface area contributed by atoms with E-state index in [1.807, 2.05) is 13.0 Å². The second-order valence-electron chi connectivity index (χ2n) is 6.01. The highest BCUT2D eigenvalue weighted by Crippen LogP contribution is 2.23. The van der Waals surface area contributed by atoms with Gasteiger partial charge in [0.1, 0.15) is 5.82 Å². The highest BCUT2D eigenvalue weighted by molar-refractivity contribution is 6.61. The van der Waals surface area contributed by atoms with Crippen LogP contribution in [0.15, 0.2) is 18.3 Å². The van der Waals surface area contributed by atoms with Gasteiger partial charge in [-0.1, -0.05) is 13.8 Å². The number of hydrogen-bond acceptors (Lipinski definition) is 3. The Kier molecular flexibility index (Phi) is 3.30. The van der Waals surface area contributed by atoms with Crippen molar-refractivity contribution >= 4 is 23.5 Å². The van der Waals surface area contributed by atoms with Gasteiger partial charge in [-0.3, -0.25) is 4.68 Å². The normalized spacial score (nSPS) is 18.7. The molecule has 0 bridgehead atoms. The van der Waals surface area contributed by atoms with Gasteiger partial charge >= 0.3 is 7.12 Å². The highest BCUT2D eigenvalue weighted by Gasteiger charge is 2.34. The zero-order valence-electron chi connectivity index (χ0n) is 12.0. The third-order valence-corrected chi connectivity index (χ3v) is 3.56. The Morgan fingerprint density at radius 3 is 2.70 bits per heavy atom. The molecule has 1 saturated heterocycles. The van der Waals surface area contributed by atoms with Crippen LogP contribution in [0.5, 0.6) is 0 Å². The summed E-state index contributed by atoms with van der Waals surface area (Å²) in [7, 11) is -0.498. The van der Waals surface area contributed by atoms with Gasteiger partial charge in [0.15, 0.2) is 0 Å². The molecule has 1 aliphatic rings. The van der Waals surface area contributed by atoms with E-state index in [1.54, 1.807) is 10.9 Å². The highest BCUT2D eigenvalue weighted by atomic mass is 19.1. The van der Waals surface area contributed by atoms with E-state index in [2.05, 4.69) is 18.9 Å². The van der Waals surface area contributed by atoms with Crippen LogP contribution in [-0.2, 0) is 15.9 Å². The topological polar surface area (TPSA) is 36.3 Å². The number of fused-ring (bicyclic) bond motifs is 1. The van der Waals surface area contributed by atoms with Gasteiger partial charge in [0.2, 0.25) is 0 Å². The minimum absolute atomic E-state index is 0.00430. The summed E-state index contributed by atoms with van der Waals surface area (Å²) in [6, 6.07) is 3.38. The first-order valence-electron chi connectivity index (χ1n) is 6.88. The summed E-state index contributed by atoms with van der Waals surface area (Å²) in [5.74, 6) is -0.283. The van der Waals surface area contributed by atoms with Crippen LogP contribution in [0.2, 0.25) is 0 Å². The van der Waals surface area contributed by atoms with Crippen molar-refractivity contribution in [2.45, 2.75) is 27.3 Å². The predicted octanol–water partition coefficient (Wildman–Crippen LogP) is 1.96. The lowest BCUT2D eigenvalue weighted by atomic mass is 9.75. The molecular formula is C14H18BFN2O2. The second-order valence-corrected chi connectivity index (χ2v) is 6.01. The van der Waals surface area contributed by atoms with Gasteiger partial charge < -0.3 is 9.31 Å². The van der Waals surface area contributed by atoms with Crippen molar-refractivity contribution in [3.8, 4) is 0 Å². The van der Waals surface area contributed by atoms with E-state index in [0.717, 1.165) is 5.52 Å². The fraction of sp³-hybridized carbons (Fsp3) is 0.500. The molecule has 1 aromatic heterocycles. The molecule has 2 heterocycles. The van der Waals surface area contributed by atoms with E-state index in [4.69, 9.17) is 9.31 Å². The Hall–Kier alpha value is -1.40. The van der Waals surface area contributed by atoms with Gasteiger partial charge in [-0.2, -0.15) is 5.10 Å². The van der Waals surface area contributed by atoms with Crippen LogP contribution in [0.4, 0.5) is 4.39 Å². The van der Waals surface area contributed by atoms with Crippen LogP contribution in [0.1, 0.15) is 20.8 Å². The molecule has 6 heteroatoms. The smallest absolute Gasteiger partial charge is 0.407 e. The van der Waals surface area contributed by atoms with E-state index in [1.165, 1.54) is 6.07 Å². The van der Waals surface area contributed by atoms with Crippen LogP contribution in [0, 0.1) is 11.2 Å². The van der Waals surface area contributed by atoms with Crippen LogP contribution >= 0.6 is 0 Å². The number of hydrogen-bond donors (Lipinski definition) is 0. The zero-order valence-corrected chi connectivity index (χ0v) is 12.0. The molecule has 0 N–H and O–H groups in total. The molecule has 4 nitrogen and oxygen atoms in total. The lowest BCUT2D eigenvalue weighted by Crippen LogP contribution is -2.47. The van der Waals surface area contributed by atoms with Crippen molar-refractivity contribution in [1.82, 2.24) is 9.78 Å². The number of nitrogens with zero attached hydrogens (tertiary/aromatic N) is 2. The molecule has 0 aliphatic carbocycles. The first kappa shape index (κ1) is 13.6. The summed E-state index contributed by atoms with van der Waals surface area (Å²) in [5.41, 5.74) is 1.49. The van der Waals surface area contributed by atoms with E-state index in [9.17, 15) is 4.39 Å². The Morgan fingerprint density at radius 1 is 1.35 bits per heavy atom. The third kappa shape index (κ3) is 2.34. The molecule has 1 fully saturated rings. The Labute approximate surface area is 118 Å². The fourth-order valence-electron chi connectivity index (χ4n) is 2.43. The number of halogens is 1. The molecule has 1 aliphatic heterocycles. The van der Waals surface area contributed by atoms with Gasteiger partial charge in [0, 0.05) is 25.2 Å². The Morgan fingerprint density at radius 2 is 2.05 bits per heavy atom. The van der Waals surface area contributed by atoms with Crippen LogP contribution in [0.3, 0.4) is 0 Å². The van der Waals surface area contributed by atoms with Crippen LogP contribution in [-0.4, -0.2) is 30.1 Å². The van der Waals surface area contributed by atoms with Crippen molar-refractivity contribution in [3.63, 3.8) is 0 Å². The van der Waals surface area contributed by atoms with E-state index in [0.29, 0.717) is 30.6 Å². The Bertz CT molecular complexity index is 631. The van der Waals surface area contributed by atoms with Crippen molar-refractivity contribution in [2.24, 2.45) is 5.41 Å². The molecular weight excluding hydrogens is 258 g/mol. The average molecular weight is 276 g/mol. The molecule has 3 rings (SSSR count). The largest absolute Gasteiger partial charge is 0.494 e. The van der Waals surface area contributed by atoms with Gasteiger partial charge in [0.25, 0.3) is 0 Å². The van der Waals surface area contributed by atoms with Crippen molar-refractivity contribution < 1.29 is 13.7 Å². The molecule has 20 heavy (non-hydrogen) atoms. The average Bonchev–Trinajstić information content (AvgIpc) is 2.82. The SMILES string of the molecule is CCn1ncc2c(F)cc(B3OCC(C)(C)CO3)cc21. The first-order chi connectivity index (χ1) is 9.50. The molecule has 0 atom stereocenters. The zero-order chi connectivity index (χ0) is 14.3. The fourth-order valence-corrected chi connectivity index (χ4v) is 2.43. The number of benzene rings is 1. The first-order valence-corrected chi connectivity index (χ1v) is 6.88. The van der Waals surface area contributed by atoms with Gasteiger partial charge in [0.05, 0.1) is 17.1 Å². The Balaban J connectivity index is 1.96. The lowest BCUT2D eigenvalue weighted by Gasteiger charge is -2.33. The monoisotopic (exact) mass is 276 g/mol. The molecule has 0 radical (unpaired) electrons. The molecule has 0 amide bonds. The minimum Gasteiger partial charge on any atom is -0.407 e. The maximum Gasteiger partial charge on any atom is 0.494 e. The maximum atomic E-state index is 14.1. The number of rotatable bonds is 2. The number of aryl methyl sites for hydroxylation is 1. The minimum atomic E-state index is -0.498. The molecule has 106 valence electrons. The summed E-state index contributed by atoms with van der Waals surface area (Å²) < 4.78 is 27.3. The predicted molar refractivity (Wildman–Crippen MR) is 76.4 cm³/mol. The standard InChI is InChI=1S/C14H18BFN2O2/c1-4-18-13-6-10(5-12(16)11(13)7-17-18)15-19-8-14(2,3)9-20-15/h5-7H,4,8-9H2,1-3H3. The molecule has 0 saturated carbocycles. The van der Waals surface area contributed by atoms with Crippen molar-refractivity contribution in [3.05, 3.63) is 24.1 Å². The summed E-state index contributed by atoms with van der Waals surface area (Å²) >= 11 is 0. The van der Waals surface area contributed by atoms with E-state index >= 15 is 0 Å². The van der Waals surface area contributed by atoms with E-state index < -0.39 is 7.12 Å². The van der Waals surface area contributed by atoms with Gasteiger partial charge in [-0.15, -0.1) is 0 Å². The van der Waals surface area contributed by atoms with Gasteiger partial charge in [-0.25, -0.2) is 4.39 Å². The summed E-state index contributed by atoms with van der Waals surface area (Å²) in [4.78, 5) is 0. The van der Waals surface area contributed by atoms with Crippen molar-refractivity contribution in [2.75, 3.05) is 13.2 Å². The molecule has 0 spiro atoms. The molecule has 0 unspecified atom stereocenters. The third-order valence-electron chi connectivity index (χ3n) is 3.56. The molecule has 1 aromatic carbocycles. The summed E-state index contributed by atoms with van der Waals surface area (Å²) in [5, 5.41) is 4.71. The second kappa shape index (κ2) is 4.86. The van der Waals surface area contributed by atoms with Crippen LogP contribution in [0.25, 0.3) is 10.9 Å². The number of aromatic nitrogens is 2.